The molecule has 0 fully saturated rings. The lowest BCUT2D eigenvalue weighted by Crippen LogP contribution is -2.08. The number of hydrogen-bond donors (Lipinski definition) is 2. The van der Waals surface area contributed by atoms with E-state index in [4.69, 9.17) is 10.5 Å². The van der Waals surface area contributed by atoms with Crippen molar-refractivity contribution in [2.75, 3.05) is 0 Å². The molecule has 2 rings (SSSR count). The molecule has 3 heteroatoms. The predicted molar refractivity (Wildman–Crippen MR) is 62.4 cm³/mol. The van der Waals surface area contributed by atoms with Crippen LogP contribution in [0, 0.1) is 0 Å². The second-order valence-corrected chi connectivity index (χ2v) is 3.79. The van der Waals surface area contributed by atoms with Gasteiger partial charge in [-0.3, -0.25) is 0 Å². The highest BCUT2D eigenvalue weighted by Crippen LogP contribution is 2.21. The summed E-state index contributed by atoms with van der Waals surface area (Å²) in [6.07, 6.45) is 2.97. The van der Waals surface area contributed by atoms with Crippen LogP contribution in [0.25, 0.3) is 0 Å². The monoisotopic (exact) mass is 217 g/mol. The van der Waals surface area contributed by atoms with Gasteiger partial charge in [0.05, 0.1) is 11.5 Å². The Balaban J connectivity index is 1.95. The zero-order valence-electron chi connectivity index (χ0n) is 9.02. The Kier molecular flexibility index (Phi) is 3.15. The zero-order chi connectivity index (χ0) is 11.4. The van der Waals surface area contributed by atoms with Crippen LogP contribution >= 0.6 is 0 Å². The molecule has 0 aromatic heterocycles. The van der Waals surface area contributed by atoms with Crippen LogP contribution in [0.5, 0.6) is 0 Å². The van der Waals surface area contributed by atoms with E-state index >= 15 is 0 Å². The first-order valence-electron chi connectivity index (χ1n) is 5.30. The molecule has 0 amide bonds. The van der Waals surface area contributed by atoms with Crippen molar-refractivity contribution in [1.29, 1.82) is 0 Å². The fraction of sp³-hybridized carbons (Fsp3) is 0.231. The highest BCUT2D eigenvalue weighted by atomic mass is 16.5. The maximum absolute atomic E-state index is 9.34. The first-order valence-corrected chi connectivity index (χ1v) is 5.30. The SMILES string of the molecule is NC1=C(O)CCC(OCc2ccccc2)=C1. The third-order valence-corrected chi connectivity index (χ3v) is 2.52. The van der Waals surface area contributed by atoms with Crippen molar-refractivity contribution in [2.24, 2.45) is 5.73 Å². The maximum atomic E-state index is 9.34. The molecule has 16 heavy (non-hydrogen) atoms. The van der Waals surface area contributed by atoms with Gasteiger partial charge in [-0.15, -0.1) is 0 Å². The Morgan fingerprint density at radius 1 is 1.19 bits per heavy atom. The predicted octanol–water partition coefficient (Wildman–Crippen LogP) is 2.61. The molecule has 0 saturated carbocycles. The normalized spacial score (nSPS) is 15.9. The Labute approximate surface area is 94.8 Å². The average Bonchev–Trinajstić information content (AvgIpc) is 2.32. The van der Waals surface area contributed by atoms with E-state index in [-0.39, 0.29) is 5.76 Å². The molecule has 0 saturated heterocycles. The van der Waals surface area contributed by atoms with E-state index in [2.05, 4.69) is 0 Å². The number of ether oxygens (including phenoxy) is 1. The van der Waals surface area contributed by atoms with Crippen molar-refractivity contribution in [2.45, 2.75) is 19.4 Å². The van der Waals surface area contributed by atoms with E-state index in [0.717, 1.165) is 11.3 Å². The lowest BCUT2D eigenvalue weighted by Gasteiger charge is -2.15. The lowest BCUT2D eigenvalue weighted by atomic mass is 10.1. The van der Waals surface area contributed by atoms with Gasteiger partial charge in [-0.2, -0.15) is 0 Å². The summed E-state index contributed by atoms with van der Waals surface area (Å²) in [6, 6.07) is 9.96. The minimum Gasteiger partial charge on any atom is -0.510 e. The number of allylic oxidation sites excluding steroid dienone is 3. The Bertz CT molecular complexity index is 421. The molecule has 1 aromatic carbocycles. The number of aliphatic hydroxyl groups is 1. The zero-order valence-corrected chi connectivity index (χ0v) is 9.02. The smallest absolute Gasteiger partial charge is 0.116 e. The van der Waals surface area contributed by atoms with E-state index < -0.39 is 0 Å². The van der Waals surface area contributed by atoms with Gasteiger partial charge in [-0.05, 0) is 5.56 Å². The fourth-order valence-electron chi connectivity index (χ4n) is 1.58. The van der Waals surface area contributed by atoms with Gasteiger partial charge in [0.25, 0.3) is 0 Å². The van der Waals surface area contributed by atoms with Gasteiger partial charge in [0.1, 0.15) is 12.4 Å². The van der Waals surface area contributed by atoms with Crippen molar-refractivity contribution >= 4 is 0 Å². The van der Waals surface area contributed by atoms with Crippen LogP contribution in [0.3, 0.4) is 0 Å². The highest BCUT2D eigenvalue weighted by Gasteiger charge is 2.11. The van der Waals surface area contributed by atoms with E-state index in [1.807, 2.05) is 30.3 Å². The van der Waals surface area contributed by atoms with Crippen LogP contribution in [-0.2, 0) is 11.3 Å². The molecule has 0 bridgehead atoms. The van der Waals surface area contributed by atoms with Crippen LogP contribution in [-0.4, -0.2) is 5.11 Å². The minimum atomic E-state index is 0.257. The van der Waals surface area contributed by atoms with Gasteiger partial charge in [-0.25, -0.2) is 0 Å². The number of aliphatic hydroxyl groups excluding tert-OH is 1. The van der Waals surface area contributed by atoms with Crippen molar-refractivity contribution in [3.8, 4) is 0 Å². The molecule has 3 N–H and O–H groups in total. The maximum Gasteiger partial charge on any atom is 0.116 e. The van der Waals surface area contributed by atoms with Gasteiger partial charge in [0.2, 0.25) is 0 Å². The Morgan fingerprint density at radius 3 is 2.62 bits per heavy atom. The number of benzene rings is 1. The number of hydrogen-bond acceptors (Lipinski definition) is 3. The number of rotatable bonds is 3. The topological polar surface area (TPSA) is 55.5 Å². The summed E-state index contributed by atoms with van der Waals surface area (Å²) in [5.41, 5.74) is 7.15. The summed E-state index contributed by atoms with van der Waals surface area (Å²) in [4.78, 5) is 0. The van der Waals surface area contributed by atoms with Gasteiger partial charge in [-0.1, -0.05) is 30.3 Å². The molecule has 0 radical (unpaired) electrons. The molecule has 84 valence electrons. The average molecular weight is 217 g/mol. The first kappa shape index (κ1) is 10.6. The summed E-state index contributed by atoms with van der Waals surface area (Å²) in [6.45, 7) is 0.542. The third-order valence-electron chi connectivity index (χ3n) is 2.52. The van der Waals surface area contributed by atoms with Gasteiger partial charge in [0, 0.05) is 18.9 Å². The quantitative estimate of drug-likeness (QED) is 0.818. The molecule has 1 aromatic rings. The fourth-order valence-corrected chi connectivity index (χ4v) is 1.58. The molecular formula is C13H15NO2. The first-order chi connectivity index (χ1) is 7.75. The Morgan fingerprint density at radius 2 is 1.94 bits per heavy atom. The minimum absolute atomic E-state index is 0.257. The van der Waals surface area contributed by atoms with E-state index in [1.54, 1.807) is 6.08 Å². The van der Waals surface area contributed by atoms with Crippen LogP contribution in [0.1, 0.15) is 18.4 Å². The third kappa shape index (κ3) is 2.57. The molecule has 1 aliphatic rings. The van der Waals surface area contributed by atoms with Crippen molar-refractivity contribution in [1.82, 2.24) is 0 Å². The molecule has 1 aliphatic carbocycles. The van der Waals surface area contributed by atoms with Gasteiger partial charge in [0.15, 0.2) is 0 Å². The molecule has 3 nitrogen and oxygen atoms in total. The van der Waals surface area contributed by atoms with Crippen LogP contribution < -0.4 is 5.73 Å². The Hall–Kier alpha value is -1.90. The molecular weight excluding hydrogens is 202 g/mol. The molecule has 0 aliphatic heterocycles. The molecule has 0 heterocycles. The van der Waals surface area contributed by atoms with E-state index in [1.165, 1.54) is 0 Å². The van der Waals surface area contributed by atoms with Crippen LogP contribution in [0.2, 0.25) is 0 Å². The van der Waals surface area contributed by atoms with Gasteiger partial charge >= 0.3 is 0 Å². The van der Waals surface area contributed by atoms with Crippen LogP contribution in [0.4, 0.5) is 0 Å². The van der Waals surface area contributed by atoms with Crippen molar-refractivity contribution in [3.63, 3.8) is 0 Å². The molecule has 0 unspecified atom stereocenters. The second kappa shape index (κ2) is 4.75. The number of nitrogens with two attached hydrogens (primary N) is 1. The van der Waals surface area contributed by atoms with E-state index in [0.29, 0.717) is 25.1 Å². The standard InChI is InChI=1S/C13H15NO2/c14-12-8-11(6-7-13(12)15)16-9-10-4-2-1-3-5-10/h1-5,8,15H,6-7,9,14H2. The largest absolute Gasteiger partial charge is 0.510 e. The van der Waals surface area contributed by atoms with E-state index in [9.17, 15) is 5.11 Å². The summed E-state index contributed by atoms with van der Waals surface area (Å²) in [5.74, 6) is 1.09. The lowest BCUT2D eigenvalue weighted by molar-refractivity contribution is 0.183. The van der Waals surface area contributed by atoms with Crippen LogP contribution in [0.15, 0.2) is 53.6 Å². The second-order valence-electron chi connectivity index (χ2n) is 3.79. The van der Waals surface area contributed by atoms with Crippen molar-refractivity contribution < 1.29 is 9.84 Å². The molecule has 0 atom stereocenters. The van der Waals surface area contributed by atoms with Crippen molar-refractivity contribution in [3.05, 3.63) is 59.2 Å². The molecule has 0 spiro atoms. The summed E-state index contributed by atoms with van der Waals surface area (Å²) >= 11 is 0. The summed E-state index contributed by atoms with van der Waals surface area (Å²) in [5, 5.41) is 9.34. The summed E-state index contributed by atoms with van der Waals surface area (Å²) < 4.78 is 5.62. The summed E-state index contributed by atoms with van der Waals surface area (Å²) in [7, 11) is 0. The highest BCUT2D eigenvalue weighted by molar-refractivity contribution is 5.25. The van der Waals surface area contributed by atoms with Gasteiger partial charge < -0.3 is 15.6 Å².